The third-order valence-corrected chi connectivity index (χ3v) is 14.4. The molecule has 0 spiro atoms. The molecule has 0 heterocycles. The highest BCUT2D eigenvalue weighted by Crippen LogP contribution is 2.18. The van der Waals surface area contributed by atoms with Crippen LogP contribution in [-0.4, -0.2) is 36.4 Å². The molecule has 0 aromatic rings. The summed E-state index contributed by atoms with van der Waals surface area (Å²) in [5, 5.41) is 9.67. The van der Waals surface area contributed by atoms with Crippen molar-refractivity contribution in [3.63, 3.8) is 0 Å². The molecule has 0 radical (unpaired) electrons. The normalized spacial score (nSPS) is 12.4. The molecular formula is C66H122O5. The van der Waals surface area contributed by atoms with E-state index in [2.05, 4.69) is 62.5 Å². The molecule has 0 saturated carbocycles. The minimum Gasteiger partial charge on any atom is -0.462 e. The van der Waals surface area contributed by atoms with Crippen molar-refractivity contribution >= 4 is 11.9 Å². The number of allylic oxidation sites excluding steroid dienone is 8. The molecule has 5 heteroatoms. The Morgan fingerprint density at radius 2 is 0.606 bits per heavy atom. The average molecular weight is 996 g/mol. The van der Waals surface area contributed by atoms with Crippen LogP contribution in [0.4, 0.5) is 0 Å². The van der Waals surface area contributed by atoms with Crippen molar-refractivity contribution in [1.29, 1.82) is 0 Å². The van der Waals surface area contributed by atoms with Crippen LogP contribution < -0.4 is 0 Å². The maximum atomic E-state index is 12.3. The van der Waals surface area contributed by atoms with Crippen molar-refractivity contribution in [3.05, 3.63) is 48.6 Å². The summed E-state index contributed by atoms with van der Waals surface area (Å²) in [5.41, 5.74) is 0. The van der Waals surface area contributed by atoms with Crippen LogP contribution in [0.15, 0.2) is 48.6 Å². The van der Waals surface area contributed by atoms with E-state index in [1.54, 1.807) is 0 Å². The Bertz CT molecular complexity index is 1170. The van der Waals surface area contributed by atoms with Gasteiger partial charge < -0.3 is 14.6 Å². The summed E-state index contributed by atoms with van der Waals surface area (Å²) in [6, 6.07) is 0. The highest BCUT2D eigenvalue weighted by atomic mass is 16.6. The molecule has 0 saturated heterocycles. The van der Waals surface area contributed by atoms with Crippen LogP contribution in [0.2, 0.25) is 0 Å². The zero-order chi connectivity index (χ0) is 51.3. The molecule has 0 rings (SSSR count). The van der Waals surface area contributed by atoms with E-state index >= 15 is 0 Å². The molecule has 5 nitrogen and oxygen atoms in total. The number of carbonyl (C=O) groups is 2. The smallest absolute Gasteiger partial charge is 0.306 e. The lowest BCUT2D eigenvalue weighted by atomic mass is 10.0. The van der Waals surface area contributed by atoms with Crippen molar-refractivity contribution in [2.24, 2.45) is 0 Å². The van der Waals surface area contributed by atoms with Gasteiger partial charge in [-0.25, -0.2) is 0 Å². The van der Waals surface area contributed by atoms with Gasteiger partial charge in [-0.05, 0) is 51.4 Å². The van der Waals surface area contributed by atoms with Gasteiger partial charge in [0.1, 0.15) is 6.61 Å². The summed E-state index contributed by atoms with van der Waals surface area (Å²) in [6.07, 6.45) is 82.7. The number of unbranched alkanes of at least 4 members (excludes halogenated alkanes) is 43. The second kappa shape index (κ2) is 62.2. The molecule has 0 bridgehead atoms. The van der Waals surface area contributed by atoms with Crippen LogP contribution in [0.25, 0.3) is 0 Å². The van der Waals surface area contributed by atoms with Crippen molar-refractivity contribution in [1.82, 2.24) is 0 Å². The number of ether oxygens (including phenoxy) is 2. The van der Waals surface area contributed by atoms with Crippen molar-refractivity contribution < 1.29 is 24.2 Å². The molecular weight excluding hydrogens is 873 g/mol. The van der Waals surface area contributed by atoms with E-state index in [4.69, 9.17) is 9.47 Å². The Kier molecular flexibility index (Phi) is 60.3. The second-order valence-electron chi connectivity index (χ2n) is 21.5. The van der Waals surface area contributed by atoms with E-state index in [-0.39, 0.29) is 25.2 Å². The lowest BCUT2D eigenvalue weighted by Crippen LogP contribution is -2.28. The van der Waals surface area contributed by atoms with Gasteiger partial charge in [-0.2, -0.15) is 0 Å². The number of carbonyl (C=O) groups excluding carboxylic acids is 2. The summed E-state index contributed by atoms with van der Waals surface area (Å²) >= 11 is 0. The first-order valence-corrected chi connectivity index (χ1v) is 31.7. The molecule has 0 aliphatic rings. The summed E-state index contributed by atoms with van der Waals surface area (Å²) < 4.78 is 10.7. The van der Waals surface area contributed by atoms with Gasteiger partial charge in [0.15, 0.2) is 6.10 Å². The van der Waals surface area contributed by atoms with Crippen LogP contribution in [0.5, 0.6) is 0 Å². The minimum atomic E-state index is -0.775. The number of rotatable bonds is 59. The van der Waals surface area contributed by atoms with Gasteiger partial charge >= 0.3 is 11.9 Å². The summed E-state index contributed by atoms with van der Waals surface area (Å²) in [5.74, 6) is -0.579. The molecule has 1 unspecified atom stereocenters. The Labute approximate surface area is 443 Å². The second-order valence-corrected chi connectivity index (χ2v) is 21.5. The van der Waals surface area contributed by atoms with Crippen LogP contribution in [0, 0.1) is 0 Å². The molecule has 416 valence electrons. The highest BCUT2D eigenvalue weighted by Gasteiger charge is 2.16. The largest absolute Gasteiger partial charge is 0.462 e. The number of aliphatic hydroxyl groups excluding tert-OH is 1. The first-order valence-electron chi connectivity index (χ1n) is 31.7. The van der Waals surface area contributed by atoms with E-state index in [0.29, 0.717) is 12.8 Å². The average Bonchev–Trinajstić information content (AvgIpc) is 3.37. The third-order valence-electron chi connectivity index (χ3n) is 14.4. The summed E-state index contributed by atoms with van der Waals surface area (Å²) in [6.45, 7) is 4.07. The van der Waals surface area contributed by atoms with Crippen molar-refractivity contribution in [3.8, 4) is 0 Å². The van der Waals surface area contributed by atoms with E-state index in [9.17, 15) is 14.7 Å². The predicted molar refractivity (Wildman–Crippen MR) is 311 cm³/mol. The van der Waals surface area contributed by atoms with Gasteiger partial charge in [-0.3, -0.25) is 9.59 Å². The Morgan fingerprint density at radius 3 is 0.915 bits per heavy atom. The van der Waals surface area contributed by atoms with Gasteiger partial charge in [-0.1, -0.05) is 326 Å². The Balaban J connectivity index is 3.40. The van der Waals surface area contributed by atoms with Gasteiger partial charge in [-0.15, -0.1) is 0 Å². The maximum absolute atomic E-state index is 12.3. The SMILES string of the molecule is CC/C=C\C/C=C\C/C=C\C/C=C\CCCCCCCCCCCCC(=O)OC(CO)COC(=O)CCCCCCCCCCCCCCCCCCCCCCCCCCCCCCCCCCCC. The van der Waals surface area contributed by atoms with E-state index < -0.39 is 6.10 Å². The van der Waals surface area contributed by atoms with E-state index in [1.807, 2.05) is 0 Å². The predicted octanol–water partition coefficient (Wildman–Crippen LogP) is 21.6. The zero-order valence-electron chi connectivity index (χ0n) is 47.8. The topological polar surface area (TPSA) is 72.8 Å². The highest BCUT2D eigenvalue weighted by molar-refractivity contribution is 5.70. The molecule has 0 amide bonds. The van der Waals surface area contributed by atoms with Gasteiger partial charge in [0.25, 0.3) is 0 Å². The molecule has 71 heavy (non-hydrogen) atoms. The van der Waals surface area contributed by atoms with Gasteiger partial charge in [0.05, 0.1) is 6.61 Å². The fourth-order valence-electron chi connectivity index (χ4n) is 9.67. The van der Waals surface area contributed by atoms with Crippen LogP contribution in [0.1, 0.15) is 341 Å². The Hall–Kier alpha value is -2.14. The summed E-state index contributed by atoms with van der Waals surface area (Å²) in [4.78, 5) is 24.6. The first-order chi connectivity index (χ1) is 35.1. The molecule has 0 aliphatic heterocycles. The fraction of sp³-hybridized carbons (Fsp3) is 0.848. The number of hydrogen-bond acceptors (Lipinski definition) is 5. The lowest BCUT2D eigenvalue weighted by molar-refractivity contribution is -0.161. The van der Waals surface area contributed by atoms with Crippen molar-refractivity contribution in [2.45, 2.75) is 347 Å². The number of hydrogen-bond donors (Lipinski definition) is 1. The number of esters is 2. The van der Waals surface area contributed by atoms with E-state index in [1.165, 1.54) is 250 Å². The van der Waals surface area contributed by atoms with Gasteiger partial charge in [0, 0.05) is 12.8 Å². The third kappa shape index (κ3) is 60.3. The minimum absolute atomic E-state index is 0.0643. The monoisotopic (exact) mass is 995 g/mol. The first kappa shape index (κ1) is 68.9. The van der Waals surface area contributed by atoms with Gasteiger partial charge in [0.2, 0.25) is 0 Å². The number of aliphatic hydroxyl groups is 1. The van der Waals surface area contributed by atoms with Crippen LogP contribution in [0.3, 0.4) is 0 Å². The zero-order valence-corrected chi connectivity index (χ0v) is 47.8. The lowest BCUT2D eigenvalue weighted by Gasteiger charge is -2.15. The molecule has 0 aliphatic carbocycles. The van der Waals surface area contributed by atoms with Crippen LogP contribution in [-0.2, 0) is 19.1 Å². The molecule has 0 aromatic carbocycles. The van der Waals surface area contributed by atoms with Crippen LogP contribution >= 0.6 is 0 Å². The van der Waals surface area contributed by atoms with E-state index in [0.717, 1.165) is 64.2 Å². The fourth-order valence-corrected chi connectivity index (χ4v) is 9.67. The molecule has 0 aromatic heterocycles. The standard InChI is InChI=1S/C66H122O5/c1-3-5-7-9-11-13-15-17-19-21-23-25-27-28-29-30-31-32-33-34-35-36-37-39-40-42-44-46-48-50-52-54-56-58-60-65(68)70-63-64(62-67)71-66(69)61-59-57-55-53-51-49-47-45-43-41-38-26-24-22-20-18-16-14-12-10-8-6-4-2/h6,8,12,14,18,20,24,26,64,67H,3-5,7,9-11,13,15-17,19,21-23,25,27-63H2,1-2H3/b8-6-,14-12-,20-18-,26-24-. The molecule has 1 atom stereocenters. The maximum Gasteiger partial charge on any atom is 0.306 e. The quantitative estimate of drug-likeness (QED) is 0.0373. The summed E-state index contributed by atoms with van der Waals surface area (Å²) in [7, 11) is 0. The molecule has 0 fully saturated rings. The molecule has 1 N–H and O–H groups in total. The Morgan fingerprint density at radius 1 is 0.338 bits per heavy atom. The van der Waals surface area contributed by atoms with Crippen molar-refractivity contribution in [2.75, 3.05) is 13.2 Å².